The lowest BCUT2D eigenvalue weighted by atomic mass is 10.1. The van der Waals surface area contributed by atoms with Crippen LogP contribution in [0.25, 0.3) is 0 Å². The Bertz CT molecular complexity index is 625. The molecule has 0 aliphatic heterocycles. The van der Waals surface area contributed by atoms with Crippen LogP contribution in [0.5, 0.6) is 0 Å². The number of carboxylic acids is 1. The van der Waals surface area contributed by atoms with Crippen LogP contribution in [0.15, 0.2) is 23.1 Å². The van der Waals surface area contributed by atoms with Crippen LogP contribution in [-0.4, -0.2) is 41.8 Å². The normalized spacial score (nSPS) is 13.1. The average molecular weight is 319 g/mol. The molecule has 1 rings (SSSR count). The van der Waals surface area contributed by atoms with Crippen molar-refractivity contribution in [1.82, 2.24) is 4.72 Å². The Balaban J connectivity index is 2.96. The van der Waals surface area contributed by atoms with Gasteiger partial charge in [-0.1, -0.05) is 13.0 Å². The molecule has 0 saturated heterocycles. The number of nitrogens with one attached hydrogen (secondary N) is 1. The molecular formula is C12H17NO5S2. The topological polar surface area (TPSA) is 101 Å². The van der Waals surface area contributed by atoms with Crippen molar-refractivity contribution in [2.75, 3.05) is 18.1 Å². The summed E-state index contributed by atoms with van der Waals surface area (Å²) in [4.78, 5) is 10.9. The summed E-state index contributed by atoms with van der Waals surface area (Å²) in [5.41, 5.74) is 0.133. The molecule has 8 heteroatoms. The van der Waals surface area contributed by atoms with Crippen molar-refractivity contribution >= 4 is 26.8 Å². The minimum absolute atomic E-state index is 0.0509. The predicted octanol–water partition coefficient (Wildman–Crippen LogP) is 0.740. The largest absolute Gasteiger partial charge is 0.478 e. The fraction of sp³-hybridized carbons (Fsp3) is 0.417. The molecule has 112 valence electrons. The minimum atomic E-state index is -3.80. The summed E-state index contributed by atoms with van der Waals surface area (Å²) in [6.07, 6.45) is 0. The highest BCUT2D eigenvalue weighted by atomic mass is 32.2. The Kier molecular flexibility index (Phi) is 5.85. The lowest BCUT2D eigenvalue weighted by Crippen LogP contribution is -2.29. The zero-order valence-electron chi connectivity index (χ0n) is 11.3. The van der Waals surface area contributed by atoms with E-state index in [1.54, 1.807) is 6.92 Å². The number of hydrogen-bond acceptors (Lipinski definition) is 4. The maximum Gasteiger partial charge on any atom is 0.335 e. The molecular weight excluding hydrogens is 302 g/mol. The van der Waals surface area contributed by atoms with Crippen molar-refractivity contribution in [3.05, 3.63) is 29.3 Å². The number of rotatable bonds is 7. The molecule has 0 bridgehead atoms. The molecule has 0 fully saturated rings. The zero-order valence-corrected chi connectivity index (χ0v) is 12.9. The van der Waals surface area contributed by atoms with Crippen LogP contribution in [-0.2, 0) is 20.8 Å². The second kappa shape index (κ2) is 6.96. The van der Waals surface area contributed by atoms with E-state index >= 15 is 0 Å². The van der Waals surface area contributed by atoms with Crippen LogP contribution in [0.2, 0.25) is 0 Å². The SMILES string of the molecule is CCS(=O)CCNS(=O)(=O)c1cccc(C(=O)O)c1C. The molecule has 0 aliphatic rings. The molecule has 1 unspecified atom stereocenters. The Labute approximate surface area is 120 Å². The molecule has 20 heavy (non-hydrogen) atoms. The summed E-state index contributed by atoms with van der Waals surface area (Å²) in [7, 11) is -4.85. The van der Waals surface area contributed by atoms with Crippen molar-refractivity contribution in [2.45, 2.75) is 18.7 Å². The van der Waals surface area contributed by atoms with Gasteiger partial charge in [-0.05, 0) is 24.6 Å². The predicted molar refractivity (Wildman–Crippen MR) is 76.9 cm³/mol. The van der Waals surface area contributed by atoms with Crippen LogP contribution in [0.3, 0.4) is 0 Å². The maximum absolute atomic E-state index is 12.1. The summed E-state index contributed by atoms with van der Waals surface area (Å²) in [5.74, 6) is -0.477. The first-order valence-electron chi connectivity index (χ1n) is 5.97. The first-order valence-corrected chi connectivity index (χ1v) is 8.94. The van der Waals surface area contributed by atoms with E-state index in [1.165, 1.54) is 25.1 Å². The first kappa shape index (κ1) is 16.8. The third kappa shape index (κ3) is 4.12. The summed E-state index contributed by atoms with van der Waals surface area (Å²) < 4.78 is 37.8. The third-order valence-corrected chi connectivity index (χ3v) is 5.66. The smallest absolute Gasteiger partial charge is 0.335 e. The lowest BCUT2D eigenvalue weighted by molar-refractivity contribution is 0.0696. The van der Waals surface area contributed by atoms with Gasteiger partial charge in [-0.2, -0.15) is 0 Å². The van der Waals surface area contributed by atoms with Gasteiger partial charge in [-0.3, -0.25) is 4.21 Å². The number of carboxylic acid groups (broad SMARTS) is 1. The van der Waals surface area contributed by atoms with Gasteiger partial charge in [-0.15, -0.1) is 0 Å². The third-order valence-electron chi connectivity index (χ3n) is 2.75. The summed E-state index contributed by atoms with van der Waals surface area (Å²) in [5, 5.41) is 8.98. The maximum atomic E-state index is 12.1. The molecule has 0 radical (unpaired) electrons. The quantitative estimate of drug-likeness (QED) is 0.772. The fourth-order valence-corrected chi connectivity index (χ4v) is 3.69. The molecule has 2 N–H and O–H groups in total. The molecule has 1 atom stereocenters. The van der Waals surface area contributed by atoms with E-state index in [0.717, 1.165) is 0 Å². The average Bonchev–Trinajstić information content (AvgIpc) is 2.37. The zero-order chi connectivity index (χ0) is 15.3. The Hall–Kier alpha value is -1.25. The van der Waals surface area contributed by atoms with Gasteiger partial charge in [0, 0.05) is 28.9 Å². The Morgan fingerprint density at radius 1 is 1.40 bits per heavy atom. The fourth-order valence-electron chi connectivity index (χ4n) is 1.65. The van der Waals surface area contributed by atoms with Gasteiger partial charge in [-0.25, -0.2) is 17.9 Å². The van der Waals surface area contributed by atoms with E-state index < -0.39 is 26.8 Å². The minimum Gasteiger partial charge on any atom is -0.478 e. The van der Waals surface area contributed by atoms with E-state index in [9.17, 15) is 17.4 Å². The lowest BCUT2D eigenvalue weighted by Gasteiger charge is -2.10. The van der Waals surface area contributed by atoms with Crippen molar-refractivity contribution in [1.29, 1.82) is 0 Å². The van der Waals surface area contributed by atoms with E-state index in [0.29, 0.717) is 5.75 Å². The van der Waals surface area contributed by atoms with Crippen LogP contribution in [0.4, 0.5) is 0 Å². The second-order valence-corrected chi connectivity index (χ2v) is 7.66. The van der Waals surface area contributed by atoms with E-state index in [2.05, 4.69) is 4.72 Å². The molecule has 0 aromatic heterocycles. The Morgan fingerprint density at radius 3 is 2.60 bits per heavy atom. The highest BCUT2D eigenvalue weighted by Crippen LogP contribution is 2.18. The first-order chi connectivity index (χ1) is 9.29. The van der Waals surface area contributed by atoms with E-state index in [4.69, 9.17) is 5.11 Å². The van der Waals surface area contributed by atoms with E-state index in [1.807, 2.05) is 0 Å². The van der Waals surface area contributed by atoms with Gasteiger partial charge in [0.15, 0.2) is 0 Å². The highest BCUT2D eigenvalue weighted by molar-refractivity contribution is 7.89. The summed E-state index contributed by atoms with van der Waals surface area (Å²) in [6.45, 7) is 3.26. The number of hydrogen-bond donors (Lipinski definition) is 2. The number of sulfonamides is 1. The molecule has 6 nitrogen and oxygen atoms in total. The van der Waals surface area contributed by atoms with Gasteiger partial charge >= 0.3 is 5.97 Å². The van der Waals surface area contributed by atoms with Gasteiger partial charge in [0.1, 0.15) is 0 Å². The van der Waals surface area contributed by atoms with Gasteiger partial charge in [0.05, 0.1) is 10.5 Å². The van der Waals surface area contributed by atoms with Crippen LogP contribution in [0.1, 0.15) is 22.8 Å². The molecule has 0 spiro atoms. The standard InChI is InChI=1S/C12H17NO5S2/c1-3-19(16)8-7-13-20(17,18)11-6-4-5-10(9(11)2)12(14)15/h4-6,13H,3,7-8H2,1-2H3,(H,14,15). The van der Waals surface area contributed by atoms with Crippen LogP contribution >= 0.6 is 0 Å². The van der Waals surface area contributed by atoms with Crippen molar-refractivity contribution in [2.24, 2.45) is 0 Å². The van der Waals surface area contributed by atoms with Gasteiger partial charge < -0.3 is 5.11 Å². The number of carbonyl (C=O) groups is 1. The molecule has 0 heterocycles. The summed E-state index contributed by atoms with van der Waals surface area (Å²) >= 11 is 0. The molecule has 0 amide bonds. The number of aromatic carboxylic acids is 1. The summed E-state index contributed by atoms with van der Waals surface area (Å²) in [6, 6.07) is 4.08. The molecule has 0 aliphatic carbocycles. The highest BCUT2D eigenvalue weighted by Gasteiger charge is 2.20. The van der Waals surface area contributed by atoms with Crippen LogP contribution in [0, 0.1) is 6.92 Å². The molecule has 0 saturated carbocycles. The van der Waals surface area contributed by atoms with Crippen molar-refractivity contribution < 1.29 is 22.5 Å². The van der Waals surface area contributed by atoms with Crippen molar-refractivity contribution in [3.63, 3.8) is 0 Å². The monoisotopic (exact) mass is 319 g/mol. The van der Waals surface area contributed by atoms with Crippen molar-refractivity contribution in [3.8, 4) is 0 Å². The molecule has 1 aromatic carbocycles. The molecule has 1 aromatic rings. The van der Waals surface area contributed by atoms with E-state index in [-0.39, 0.29) is 28.3 Å². The number of benzene rings is 1. The second-order valence-electron chi connectivity index (χ2n) is 4.06. The Morgan fingerprint density at radius 2 is 2.05 bits per heavy atom. The van der Waals surface area contributed by atoms with Gasteiger partial charge in [0.25, 0.3) is 0 Å². The van der Waals surface area contributed by atoms with Crippen LogP contribution < -0.4 is 4.72 Å². The van der Waals surface area contributed by atoms with Gasteiger partial charge in [0.2, 0.25) is 10.0 Å².